The molecule has 1 heterocycles. The van der Waals surface area contributed by atoms with Crippen molar-refractivity contribution in [2.45, 2.75) is 44.2 Å². The third kappa shape index (κ3) is 2.07. The summed E-state index contributed by atoms with van der Waals surface area (Å²) in [6, 6.07) is 9.16. The van der Waals surface area contributed by atoms with Gasteiger partial charge in [-0.05, 0) is 56.3 Å². The van der Waals surface area contributed by atoms with Gasteiger partial charge in [0.15, 0.2) is 0 Å². The number of rotatable bonds is 3. The van der Waals surface area contributed by atoms with Crippen LogP contribution in [0.5, 0.6) is 5.75 Å². The summed E-state index contributed by atoms with van der Waals surface area (Å²) in [5, 5.41) is 3.53. The molecule has 16 heavy (non-hydrogen) atoms. The molecule has 1 aromatic rings. The van der Waals surface area contributed by atoms with Crippen LogP contribution in [0.3, 0.4) is 0 Å². The minimum atomic E-state index is 0.479. The Morgan fingerprint density at radius 2 is 2.06 bits per heavy atom. The second kappa shape index (κ2) is 4.46. The molecule has 1 aromatic carbocycles. The molecule has 1 aliphatic carbocycles. The molecule has 3 rings (SSSR count). The summed E-state index contributed by atoms with van der Waals surface area (Å²) in [5.41, 5.74) is 1.38. The van der Waals surface area contributed by atoms with Crippen LogP contribution in [0.15, 0.2) is 24.3 Å². The van der Waals surface area contributed by atoms with Crippen molar-refractivity contribution >= 4 is 0 Å². The van der Waals surface area contributed by atoms with E-state index in [1.165, 1.54) is 37.7 Å². The Hall–Kier alpha value is -1.02. The maximum absolute atomic E-state index is 5.92. The van der Waals surface area contributed by atoms with Gasteiger partial charge in [0.05, 0.1) is 6.10 Å². The minimum Gasteiger partial charge on any atom is -0.490 e. The van der Waals surface area contributed by atoms with Crippen molar-refractivity contribution in [2.75, 3.05) is 6.54 Å². The summed E-state index contributed by atoms with van der Waals surface area (Å²) in [6.45, 7) is 1.15. The Morgan fingerprint density at radius 1 is 1.12 bits per heavy atom. The van der Waals surface area contributed by atoms with Gasteiger partial charge in [0.1, 0.15) is 5.75 Å². The summed E-state index contributed by atoms with van der Waals surface area (Å²) in [4.78, 5) is 0. The van der Waals surface area contributed by atoms with Crippen molar-refractivity contribution in [1.29, 1.82) is 0 Å². The maximum atomic E-state index is 5.92. The number of nitrogens with one attached hydrogen (secondary N) is 1. The molecule has 2 aliphatic rings. The second-order valence-corrected chi connectivity index (χ2v) is 4.89. The van der Waals surface area contributed by atoms with Crippen LogP contribution in [0.4, 0.5) is 0 Å². The SMILES string of the molecule is c1cc(OC2CCC2)cc(C2CCCN2)c1. The lowest BCUT2D eigenvalue weighted by molar-refractivity contribution is 0.120. The summed E-state index contributed by atoms with van der Waals surface area (Å²) >= 11 is 0. The highest BCUT2D eigenvalue weighted by molar-refractivity contribution is 5.31. The molecule has 1 atom stereocenters. The van der Waals surface area contributed by atoms with Crippen molar-refractivity contribution in [2.24, 2.45) is 0 Å². The summed E-state index contributed by atoms with van der Waals surface area (Å²) in [5.74, 6) is 1.05. The first-order chi connectivity index (χ1) is 7.92. The van der Waals surface area contributed by atoms with Gasteiger partial charge in [-0.15, -0.1) is 0 Å². The molecule has 2 fully saturated rings. The van der Waals surface area contributed by atoms with Crippen LogP contribution in [0, 0.1) is 0 Å². The molecule has 1 unspecified atom stereocenters. The molecule has 86 valence electrons. The smallest absolute Gasteiger partial charge is 0.120 e. The second-order valence-electron chi connectivity index (χ2n) is 4.89. The van der Waals surface area contributed by atoms with E-state index in [0.29, 0.717) is 12.1 Å². The molecule has 0 radical (unpaired) electrons. The van der Waals surface area contributed by atoms with E-state index in [9.17, 15) is 0 Å². The van der Waals surface area contributed by atoms with E-state index in [0.717, 1.165) is 12.3 Å². The zero-order valence-electron chi connectivity index (χ0n) is 9.61. The third-order valence-electron chi connectivity index (χ3n) is 3.68. The fraction of sp³-hybridized carbons (Fsp3) is 0.571. The molecule has 2 heteroatoms. The third-order valence-corrected chi connectivity index (χ3v) is 3.68. The van der Waals surface area contributed by atoms with Crippen LogP contribution in [0.1, 0.15) is 43.7 Å². The van der Waals surface area contributed by atoms with Crippen molar-refractivity contribution in [3.63, 3.8) is 0 Å². The average molecular weight is 217 g/mol. The van der Waals surface area contributed by atoms with Crippen LogP contribution < -0.4 is 10.1 Å². The fourth-order valence-corrected chi connectivity index (χ4v) is 2.45. The van der Waals surface area contributed by atoms with Crippen LogP contribution in [0.2, 0.25) is 0 Å². The van der Waals surface area contributed by atoms with Gasteiger partial charge in [-0.2, -0.15) is 0 Å². The van der Waals surface area contributed by atoms with Crippen LogP contribution in [-0.4, -0.2) is 12.6 Å². The van der Waals surface area contributed by atoms with Crippen molar-refractivity contribution < 1.29 is 4.74 Å². The van der Waals surface area contributed by atoms with Crippen LogP contribution >= 0.6 is 0 Å². The minimum absolute atomic E-state index is 0.479. The van der Waals surface area contributed by atoms with E-state index in [2.05, 4.69) is 29.6 Å². The first-order valence-electron chi connectivity index (χ1n) is 6.42. The van der Waals surface area contributed by atoms with Gasteiger partial charge in [0, 0.05) is 6.04 Å². The summed E-state index contributed by atoms with van der Waals surface area (Å²) in [6.07, 6.45) is 6.81. The Morgan fingerprint density at radius 3 is 2.75 bits per heavy atom. The van der Waals surface area contributed by atoms with Gasteiger partial charge >= 0.3 is 0 Å². The van der Waals surface area contributed by atoms with Crippen molar-refractivity contribution in [3.05, 3.63) is 29.8 Å². The van der Waals surface area contributed by atoms with E-state index in [1.54, 1.807) is 0 Å². The van der Waals surface area contributed by atoms with Gasteiger partial charge < -0.3 is 10.1 Å². The molecule has 1 aliphatic heterocycles. The lowest BCUT2D eigenvalue weighted by Gasteiger charge is -2.26. The Labute approximate surface area is 97.0 Å². The molecule has 0 amide bonds. The highest BCUT2D eigenvalue weighted by atomic mass is 16.5. The number of hydrogen-bond acceptors (Lipinski definition) is 2. The van der Waals surface area contributed by atoms with Crippen molar-refractivity contribution in [3.8, 4) is 5.75 Å². The number of ether oxygens (including phenoxy) is 1. The number of hydrogen-bond donors (Lipinski definition) is 1. The predicted octanol–water partition coefficient (Wildman–Crippen LogP) is 3.04. The monoisotopic (exact) mass is 217 g/mol. The summed E-state index contributed by atoms with van der Waals surface area (Å²) < 4.78 is 5.92. The average Bonchev–Trinajstić information content (AvgIpc) is 2.77. The van der Waals surface area contributed by atoms with E-state index in [1.807, 2.05) is 0 Å². The van der Waals surface area contributed by atoms with E-state index in [-0.39, 0.29) is 0 Å². The molecule has 0 bridgehead atoms. The highest BCUT2D eigenvalue weighted by Gasteiger charge is 2.20. The fourth-order valence-electron chi connectivity index (χ4n) is 2.45. The highest BCUT2D eigenvalue weighted by Crippen LogP contribution is 2.29. The molecular weight excluding hydrogens is 198 g/mol. The zero-order chi connectivity index (χ0) is 10.8. The van der Waals surface area contributed by atoms with Gasteiger partial charge in [-0.1, -0.05) is 12.1 Å². The largest absolute Gasteiger partial charge is 0.490 e. The first-order valence-corrected chi connectivity index (χ1v) is 6.42. The number of benzene rings is 1. The standard InChI is InChI=1S/C14H19NO/c1-4-11(14-8-3-9-15-14)10-13(7-1)16-12-5-2-6-12/h1,4,7,10,12,14-15H,2-3,5-6,8-9H2. The molecule has 1 N–H and O–H groups in total. The molecule has 2 nitrogen and oxygen atoms in total. The quantitative estimate of drug-likeness (QED) is 0.840. The molecule has 0 spiro atoms. The Balaban J connectivity index is 1.70. The van der Waals surface area contributed by atoms with Crippen LogP contribution in [-0.2, 0) is 0 Å². The molecule has 0 aromatic heterocycles. The van der Waals surface area contributed by atoms with Gasteiger partial charge in [0.2, 0.25) is 0 Å². The first kappa shape index (κ1) is 10.2. The topological polar surface area (TPSA) is 21.3 Å². The maximum Gasteiger partial charge on any atom is 0.120 e. The normalized spacial score (nSPS) is 25.4. The zero-order valence-corrected chi connectivity index (χ0v) is 9.61. The van der Waals surface area contributed by atoms with Crippen molar-refractivity contribution in [1.82, 2.24) is 5.32 Å². The lowest BCUT2D eigenvalue weighted by Crippen LogP contribution is -2.24. The molecule has 1 saturated carbocycles. The Kier molecular flexibility index (Phi) is 2.83. The van der Waals surface area contributed by atoms with E-state index < -0.39 is 0 Å². The molecule has 1 saturated heterocycles. The van der Waals surface area contributed by atoms with Gasteiger partial charge in [-0.3, -0.25) is 0 Å². The van der Waals surface area contributed by atoms with Gasteiger partial charge in [0.25, 0.3) is 0 Å². The van der Waals surface area contributed by atoms with E-state index >= 15 is 0 Å². The van der Waals surface area contributed by atoms with E-state index in [4.69, 9.17) is 4.74 Å². The molecular formula is C14H19NO. The van der Waals surface area contributed by atoms with Crippen LogP contribution in [0.25, 0.3) is 0 Å². The Bertz CT molecular complexity index is 354. The van der Waals surface area contributed by atoms with Gasteiger partial charge in [-0.25, -0.2) is 0 Å². The summed E-state index contributed by atoms with van der Waals surface area (Å²) in [7, 11) is 0. The lowest BCUT2D eigenvalue weighted by atomic mass is 9.96. The predicted molar refractivity (Wildman–Crippen MR) is 64.7 cm³/mol.